The van der Waals surface area contributed by atoms with Gasteiger partial charge >= 0.3 is 6.09 Å². The molecular formula is C23H24N2O4. The lowest BCUT2D eigenvalue weighted by Gasteiger charge is -2.33. The molecule has 3 aromatic rings. The van der Waals surface area contributed by atoms with Crippen LogP contribution >= 0.6 is 0 Å². The SMILES string of the molecule is COc1cc2c3c(c4ccc(OC(N)=O)cc4c2cc1OC)CN1CCC[C@H]1C3. The molecule has 0 radical (unpaired) electrons. The highest BCUT2D eigenvalue weighted by atomic mass is 16.5. The fourth-order valence-electron chi connectivity index (χ4n) is 5.05. The molecule has 0 saturated carbocycles. The molecule has 2 aliphatic rings. The van der Waals surface area contributed by atoms with E-state index in [1.165, 1.54) is 34.7 Å². The van der Waals surface area contributed by atoms with Crippen LogP contribution in [0.4, 0.5) is 4.79 Å². The summed E-state index contributed by atoms with van der Waals surface area (Å²) in [7, 11) is 3.30. The first-order valence-corrected chi connectivity index (χ1v) is 9.93. The van der Waals surface area contributed by atoms with E-state index in [-0.39, 0.29) is 0 Å². The largest absolute Gasteiger partial charge is 0.493 e. The number of hydrogen-bond donors (Lipinski definition) is 1. The average Bonchev–Trinajstić information content (AvgIpc) is 3.18. The monoisotopic (exact) mass is 392 g/mol. The van der Waals surface area contributed by atoms with E-state index in [2.05, 4.69) is 11.0 Å². The zero-order valence-corrected chi connectivity index (χ0v) is 16.7. The van der Waals surface area contributed by atoms with E-state index in [1.807, 2.05) is 24.3 Å². The Morgan fingerprint density at radius 3 is 2.45 bits per heavy atom. The number of nitrogens with zero attached hydrogens (tertiary/aromatic N) is 1. The number of primary amides is 1. The molecule has 1 atom stereocenters. The standard InChI is InChI=1S/C23H24N2O4/c1-27-21-10-18-16-8-13-4-3-7-25(13)12-20(16)15-6-5-14(29-23(24)26)9-17(15)19(18)11-22(21)28-2/h5-6,9-11,13H,3-4,7-8,12H2,1-2H3,(H2,24,26)/t13-/m0/s1. The average molecular weight is 392 g/mol. The Morgan fingerprint density at radius 1 is 1.00 bits per heavy atom. The zero-order valence-electron chi connectivity index (χ0n) is 16.7. The minimum absolute atomic E-state index is 0.441. The first-order valence-electron chi connectivity index (χ1n) is 9.93. The van der Waals surface area contributed by atoms with Crippen LogP contribution < -0.4 is 19.9 Å². The maximum Gasteiger partial charge on any atom is 0.409 e. The Labute approximate surface area is 169 Å². The number of nitrogens with two attached hydrogens (primary N) is 1. The van der Waals surface area contributed by atoms with Crippen LogP contribution in [0.1, 0.15) is 24.0 Å². The topological polar surface area (TPSA) is 74.0 Å². The lowest BCUT2D eigenvalue weighted by molar-refractivity contribution is 0.211. The molecule has 3 aromatic carbocycles. The van der Waals surface area contributed by atoms with Crippen LogP contribution in [0, 0.1) is 0 Å². The molecule has 2 heterocycles. The Morgan fingerprint density at radius 2 is 1.72 bits per heavy atom. The van der Waals surface area contributed by atoms with Crippen LogP contribution in [0.15, 0.2) is 30.3 Å². The van der Waals surface area contributed by atoms with Gasteiger partial charge in [0.15, 0.2) is 11.5 Å². The van der Waals surface area contributed by atoms with E-state index in [4.69, 9.17) is 19.9 Å². The van der Waals surface area contributed by atoms with Crippen molar-refractivity contribution in [1.82, 2.24) is 4.90 Å². The number of hydrogen-bond acceptors (Lipinski definition) is 5. The maximum absolute atomic E-state index is 11.3. The van der Waals surface area contributed by atoms with Gasteiger partial charge in [0.05, 0.1) is 14.2 Å². The van der Waals surface area contributed by atoms with Crippen molar-refractivity contribution in [3.05, 3.63) is 41.5 Å². The van der Waals surface area contributed by atoms with Crippen molar-refractivity contribution in [3.8, 4) is 17.2 Å². The summed E-state index contributed by atoms with van der Waals surface area (Å²) in [5.74, 6) is 1.84. The highest BCUT2D eigenvalue weighted by Gasteiger charge is 2.32. The summed E-state index contributed by atoms with van der Waals surface area (Å²) < 4.78 is 16.3. The van der Waals surface area contributed by atoms with Gasteiger partial charge < -0.3 is 19.9 Å². The van der Waals surface area contributed by atoms with E-state index >= 15 is 0 Å². The minimum atomic E-state index is -0.814. The van der Waals surface area contributed by atoms with E-state index in [9.17, 15) is 4.79 Å². The molecule has 1 saturated heterocycles. The lowest BCUT2D eigenvalue weighted by atomic mass is 9.85. The molecule has 0 bridgehead atoms. The molecule has 0 aliphatic carbocycles. The fraction of sp³-hybridized carbons (Fsp3) is 0.348. The van der Waals surface area contributed by atoms with Crippen molar-refractivity contribution in [2.45, 2.75) is 31.8 Å². The number of carbonyl (C=O) groups excluding carboxylic acids is 1. The molecule has 6 heteroatoms. The zero-order chi connectivity index (χ0) is 20.1. The lowest BCUT2D eigenvalue weighted by Crippen LogP contribution is -2.35. The first kappa shape index (κ1) is 18.1. The second-order valence-corrected chi connectivity index (χ2v) is 7.81. The number of carbonyl (C=O) groups is 1. The maximum atomic E-state index is 11.3. The Hall–Kier alpha value is -2.99. The van der Waals surface area contributed by atoms with Gasteiger partial charge in [-0.3, -0.25) is 4.90 Å². The predicted octanol–water partition coefficient (Wildman–Crippen LogP) is 3.99. The number of fused-ring (bicyclic) bond motifs is 7. The third-order valence-corrected chi connectivity index (χ3v) is 6.34. The second kappa shape index (κ2) is 6.81. The van der Waals surface area contributed by atoms with Gasteiger partial charge in [0, 0.05) is 12.6 Å². The molecule has 150 valence electrons. The number of ether oxygens (including phenoxy) is 3. The van der Waals surface area contributed by atoms with Crippen molar-refractivity contribution in [3.63, 3.8) is 0 Å². The van der Waals surface area contributed by atoms with Crippen molar-refractivity contribution in [1.29, 1.82) is 0 Å². The van der Waals surface area contributed by atoms with Gasteiger partial charge in [-0.05, 0) is 82.7 Å². The predicted molar refractivity (Wildman–Crippen MR) is 112 cm³/mol. The Kier molecular flexibility index (Phi) is 4.24. The molecule has 0 spiro atoms. The fourth-order valence-corrected chi connectivity index (χ4v) is 5.05. The highest BCUT2D eigenvalue weighted by Crippen LogP contribution is 2.44. The molecule has 1 fully saturated rings. The van der Waals surface area contributed by atoms with Crippen molar-refractivity contribution < 1.29 is 19.0 Å². The van der Waals surface area contributed by atoms with Crippen LogP contribution in [-0.4, -0.2) is 37.8 Å². The molecule has 0 aromatic heterocycles. The number of amides is 1. The molecule has 5 rings (SSSR count). The van der Waals surface area contributed by atoms with Gasteiger partial charge in [0.25, 0.3) is 0 Å². The summed E-state index contributed by atoms with van der Waals surface area (Å²) in [4.78, 5) is 13.9. The van der Waals surface area contributed by atoms with Gasteiger partial charge in [-0.15, -0.1) is 0 Å². The molecular weight excluding hydrogens is 368 g/mol. The number of benzene rings is 3. The first-order chi connectivity index (χ1) is 14.1. The number of rotatable bonds is 3. The third-order valence-electron chi connectivity index (χ3n) is 6.34. The minimum Gasteiger partial charge on any atom is -0.493 e. The van der Waals surface area contributed by atoms with Crippen molar-refractivity contribution >= 4 is 27.6 Å². The van der Waals surface area contributed by atoms with Gasteiger partial charge in [-0.2, -0.15) is 0 Å². The number of methoxy groups -OCH3 is 2. The summed E-state index contributed by atoms with van der Waals surface area (Å²) in [6, 6.07) is 10.5. The molecule has 0 unspecified atom stereocenters. The van der Waals surface area contributed by atoms with E-state index in [1.54, 1.807) is 14.2 Å². The van der Waals surface area contributed by atoms with Crippen LogP contribution in [-0.2, 0) is 13.0 Å². The van der Waals surface area contributed by atoms with E-state index in [0.717, 1.165) is 36.0 Å². The van der Waals surface area contributed by atoms with Crippen LogP contribution in [0.25, 0.3) is 21.5 Å². The Balaban J connectivity index is 1.84. The van der Waals surface area contributed by atoms with Crippen molar-refractivity contribution in [2.24, 2.45) is 5.73 Å². The summed E-state index contributed by atoms with van der Waals surface area (Å²) in [6.07, 6.45) is 2.72. The highest BCUT2D eigenvalue weighted by molar-refractivity contribution is 6.12. The quantitative estimate of drug-likeness (QED) is 0.683. The second-order valence-electron chi connectivity index (χ2n) is 7.81. The summed E-state index contributed by atoms with van der Waals surface area (Å²) >= 11 is 0. The van der Waals surface area contributed by atoms with Gasteiger partial charge in [-0.25, -0.2) is 4.79 Å². The molecule has 6 nitrogen and oxygen atoms in total. The molecule has 2 N–H and O–H groups in total. The van der Waals surface area contributed by atoms with Gasteiger partial charge in [0.2, 0.25) is 0 Å². The van der Waals surface area contributed by atoms with Crippen LogP contribution in [0.5, 0.6) is 17.2 Å². The van der Waals surface area contributed by atoms with E-state index < -0.39 is 6.09 Å². The van der Waals surface area contributed by atoms with Crippen LogP contribution in [0.2, 0.25) is 0 Å². The Bertz CT molecular complexity index is 1140. The summed E-state index contributed by atoms with van der Waals surface area (Å²) in [6.45, 7) is 2.09. The molecule has 2 aliphatic heterocycles. The third kappa shape index (κ3) is 2.86. The van der Waals surface area contributed by atoms with E-state index in [0.29, 0.717) is 17.5 Å². The summed E-state index contributed by atoms with van der Waals surface area (Å²) in [5, 5.41) is 4.45. The van der Waals surface area contributed by atoms with Gasteiger partial charge in [0.1, 0.15) is 5.75 Å². The van der Waals surface area contributed by atoms with Gasteiger partial charge in [-0.1, -0.05) is 6.07 Å². The molecule has 29 heavy (non-hydrogen) atoms. The van der Waals surface area contributed by atoms with Crippen LogP contribution in [0.3, 0.4) is 0 Å². The van der Waals surface area contributed by atoms with Crippen molar-refractivity contribution in [2.75, 3.05) is 20.8 Å². The smallest absolute Gasteiger partial charge is 0.409 e. The molecule has 1 amide bonds. The summed E-state index contributed by atoms with van der Waals surface area (Å²) in [5.41, 5.74) is 7.97. The normalized spacial score (nSPS) is 18.5.